The van der Waals surface area contributed by atoms with E-state index in [1.54, 1.807) is 0 Å². The van der Waals surface area contributed by atoms with E-state index in [4.69, 9.17) is 0 Å². The first-order valence-electron chi connectivity index (χ1n) is 9.99. The number of hydrogen-bond donors (Lipinski definition) is 2. The van der Waals surface area contributed by atoms with Gasteiger partial charge in [0.25, 0.3) is 0 Å². The molecule has 0 aromatic heterocycles. The van der Waals surface area contributed by atoms with Crippen LogP contribution in [0.15, 0.2) is 0 Å². The number of nitrogens with one attached hydrogen (secondary N) is 2. The van der Waals surface area contributed by atoms with Gasteiger partial charge in [0.05, 0.1) is 0 Å². The maximum atomic E-state index is 13.3. The van der Waals surface area contributed by atoms with Crippen LogP contribution in [-0.4, -0.2) is 35.7 Å². The highest BCUT2D eigenvalue weighted by atomic mass is 16.1. The minimum atomic E-state index is -0.121. The molecule has 24 heavy (non-hydrogen) atoms. The number of ketones is 2. The maximum absolute atomic E-state index is 13.3. The van der Waals surface area contributed by atoms with E-state index < -0.39 is 0 Å². The highest BCUT2D eigenvalue weighted by molar-refractivity contribution is 6.00. The molecule has 6 unspecified atom stereocenters. The quantitative estimate of drug-likeness (QED) is 0.830. The van der Waals surface area contributed by atoms with Crippen molar-refractivity contribution in [3.8, 4) is 0 Å². The lowest BCUT2D eigenvalue weighted by Crippen LogP contribution is -2.64. The molecule has 0 amide bonds. The molecule has 4 heteroatoms. The van der Waals surface area contributed by atoms with Crippen LogP contribution in [0.5, 0.6) is 0 Å². The minimum Gasteiger partial charge on any atom is -0.311 e. The van der Waals surface area contributed by atoms with Gasteiger partial charge in [0.15, 0.2) is 0 Å². The minimum absolute atomic E-state index is 0.00163. The number of carbonyl (C=O) groups is 2. The van der Waals surface area contributed by atoms with E-state index in [1.807, 2.05) is 0 Å². The molecule has 3 rings (SSSR count). The molecule has 0 spiro atoms. The van der Waals surface area contributed by atoms with Crippen LogP contribution >= 0.6 is 0 Å². The second kappa shape index (κ2) is 7.25. The lowest BCUT2D eigenvalue weighted by molar-refractivity contribution is -0.154. The van der Waals surface area contributed by atoms with Crippen molar-refractivity contribution in [1.29, 1.82) is 0 Å². The molecule has 0 aromatic carbocycles. The number of Topliss-reactive ketones (excluding diaryl/α,β-unsaturated/α-hetero) is 2. The molecule has 4 nitrogen and oxygen atoms in total. The number of hydrogen-bond acceptors (Lipinski definition) is 4. The number of rotatable bonds is 4. The molecule has 3 aliphatic carbocycles. The molecule has 3 saturated carbocycles. The summed E-state index contributed by atoms with van der Waals surface area (Å²) in [5, 5.41) is 7.20. The Hall–Kier alpha value is -0.740. The fourth-order valence-electron chi connectivity index (χ4n) is 5.51. The van der Waals surface area contributed by atoms with Gasteiger partial charge in [-0.2, -0.15) is 0 Å². The Morgan fingerprint density at radius 1 is 0.708 bits per heavy atom. The first kappa shape index (κ1) is 18.1. The molecule has 0 aromatic rings. The Balaban J connectivity index is 1.91. The van der Waals surface area contributed by atoms with Crippen molar-refractivity contribution in [1.82, 2.24) is 10.6 Å². The van der Waals surface area contributed by atoms with Gasteiger partial charge >= 0.3 is 0 Å². The average Bonchev–Trinajstić information content (AvgIpc) is 2.53. The molecule has 6 atom stereocenters. The molecule has 3 fully saturated rings. The highest BCUT2D eigenvalue weighted by Crippen LogP contribution is 2.46. The van der Waals surface area contributed by atoms with Crippen LogP contribution in [0.25, 0.3) is 0 Å². The lowest BCUT2D eigenvalue weighted by atomic mass is 9.56. The third-order valence-electron chi connectivity index (χ3n) is 6.29. The van der Waals surface area contributed by atoms with Gasteiger partial charge in [-0.05, 0) is 25.7 Å². The molecular weight excluding hydrogens is 300 g/mol. The standard InChI is InChI=1S/C20H34N2O2/c1-11(2)21-15-9-10-16(22-12(3)4)18-17(15)19(23)13-7-5-6-8-14(13)20(18)24/h11-18,21-22H,5-10H2,1-4H3. The van der Waals surface area contributed by atoms with Crippen LogP contribution in [0.4, 0.5) is 0 Å². The molecule has 136 valence electrons. The summed E-state index contributed by atoms with van der Waals surface area (Å²) in [6.45, 7) is 8.52. The van der Waals surface area contributed by atoms with Gasteiger partial charge in [-0.15, -0.1) is 0 Å². The first-order valence-corrected chi connectivity index (χ1v) is 9.99. The smallest absolute Gasteiger partial charge is 0.142 e. The van der Waals surface area contributed by atoms with Crippen LogP contribution in [0.1, 0.15) is 66.2 Å². The van der Waals surface area contributed by atoms with Crippen LogP contribution < -0.4 is 10.6 Å². The molecule has 0 radical (unpaired) electrons. The summed E-state index contributed by atoms with van der Waals surface area (Å²) in [5.41, 5.74) is 0. The zero-order chi connectivity index (χ0) is 17.4. The fraction of sp³-hybridized carbons (Fsp3) is 0.900. The predicted octanol–water partition coefficient (Wildman–Crippen LogP) is 2.70. The highest BCUT2D eigenvalue weighted by Gasteiger charge is 2.56. The van der Waals surface area contributed by atoms with Gasteiger partial charge < -0.3 is 10.6 Å². The Kier molecular flexibility index (Phi) is 5.45. The second-order valence-corrected chi connectivity index (χ2v) is 8.79. The number of carbonyl (C=O) groups excluding carboxylic acids is 2. The largest absolute Gasteiger partial charge is 0.311 e. The summed E-state index contributed by atoms with van der Waals surface area (Å²) in [6.07, 6.45) is 6.03. The lowest BCUT2D eigenvalue weighted by Gasteiger charge is -2.50. The van der Waals surface area contributed by atoms with Gasteiger partial charge in [0.1, 0.15) is 11.6 Å². The Morgan fingerprint density at radius 2 is 1.08 bits per heavy atom. The van der Waals surface area contributed by atoms with E-state index in [2.05, 4.69) is 38.3 Å². The topological polar surface area (TPSA) is 58.2 Å². The molecule has 0 bridgehead atoms. The van der Waals surface area contributed by atoms with E-state index in [9.17, 15) is 9.59 Å². The maximum Gasteiger partial charge on any atom is 0.142 e. The van der Waals surface area contributed by atoms with E-state index in [0.29, 0.717) is 23.7 Å². The summed E-state index contributed by atoms with van der Waals surface area (Å²) in [7, 11) is 0. The van der Waals surface area contributed by atoms with Gasteiger partial charge in [-0.3, -0.25) is 9.59 Å². The first-order chi connectivity index (χ1) is 11.4. The molecule has 3 aliphatic rings. The summed E-state index contributed by atoms with van der Waals surface area (Å²) < 4.78 is 0. The molecule has 0 heterocycles. The van der Waals surface area contributed by atoms with Crippen LogP contribution in [0.2, 0.25) is 0 Å². The van der Waals surface area contributed by atoms with Crippen molar-refractivity contribution in [3.05, 3.63) is 0 Å². The van der Waals surface area contributed by atoms with E-state index >= 15 is 0 Å². The normalized spacial score (nSPS) is 39.9. The molecule has 2 N–H and O–H groups in total. The van der Waals surface area contributed by atoms with Crippen molar-refractivity contribution in [2.75, 3.05) is 0 Å². The monoisotopic (exact) mass is 334 g/mol. The van der Waals surface area contributed by atoms with Crippen molar-refractivity contribution in [2.24, 2.45) is 23.7 Å². The van der Waals surface area contributed by atoms with Gasteiger partial charge in [-0.1, -0.05) is 40.5 Å². The van der Waals surface area contributed by atoms with Gasteiger partial charge in [0.2, 0.25) is 0 Å². The van der Waals surface area contributed by atoms with E-state index in [-0.39, 0.29) is 35.8 Å². The fourth-order valence-corrected chi connectivity index (χ4v) is 5.51. The van der Waals surface area contributed by atoms with Crippen LogP contribution in [0.3, 0.4) is 0 Å². The summed E-state index contributed by atoms with van der Waals surface area (Å²) in [4.78, 5) is 26.7. The summed E-state index contributed by atoms with van der Waals surface area (Å²) in [6, 6.07) is 1.02. The average molecular weight is 335 g/mol. The van der Waals surface area contributed by atoms with Crippen molar-refractivity contribution in [3.63, 3.8) is 0 Å². The molecule has 0 aliphatic heterocycles. The SMILES string of the molecule is CC(C)NC1CCC(NC(C)C)C2C(=O)C3CCCCC3C(=O)C12. The zero-order valence-electron chi connectivity index (χ0n) is 15.7. The van der Waals surface area contributed by atoms with E-state index in [0.717, 1.165) is 38.5 Å². The number of fused-ring (bicyclic) bond motifs is 2. The molecular formula is C20H34N2O2. The van der Waals surface area contributed by atoms with Gasteiger partial charge in [0, 0.05) is 47.8 Å². The van der Waals surface area contributed by atoms with Crippen LogP contribution in [0, 0.1) is 23.7 Å². The van der Waals surface area contributed by atoms with Crippen molar-refractivity contribution in [2.45, 2.75) is 90.4 Å². The second-order valence-electron chi connectivity index (χ2n) is 8.79. The van der Waals surface area contributed by atoms with Crippen molar-refractivity contribution >= 4 is 11.6 Å². The zero-order valence-corrected chi connectivity index (χ0v) is 15.7. The third kappa shape index (κ3) is 3.32. The predicted molar refractivity (Wildman–Crippen MR) is 95.8 cm³/mol. The Morgan fingerprint density at radius 3 is 1.42 bits per heavy atom. The third-order valence-corrected chi connectivity index (χ3v) is 6.29. The van der Waals surface area contributed by atoms with E-state index in [1.165, 1.54) is 0 Å². The Labute approximate surface area is 146 Å². The summed E-state index contributed by atoms with van der Waals surface area (Å²) in [5.74, 6) is 0.535. The van der Waals surface area contributed by atoms with Crippen LogP contribution in [-0.2, 0) is 9.59 Å². The van der Waals surface area contributed by atoms with Crippen molar-refractivity contribution < 1.29 is 9.59 Å². The summed E-state index contributed by atoms with van der Waals surface area (Å²) >= 11 is 0. The Bertz CT molecular complexity index is 444. The molecule has 0 saturated heterocycles. The van der Waals surface area contributed by atoms with Gasteiger partial charge in [-0.25, -0.2) is 0 Å².